The lowest BCUT2D eigenvalue weighted by atomic mass is 10.2. The fraction of sp³-hybridized carbons (Fsp3) is 0.600. The molecule has 0 aromatic rings. The van der Waals surface area contributed by atoms with Gasteiger partial charge in [-0.2, -0.15) is 0 Å². The van der Waals surface area contributed by atoms with E-state index in [9.17, 15) is 9.59 Å². The molecule has 78 valence electrons. The third-order valence-electron chi connectivity index (χ3n) is 1.51. The van der Waals surface area contributed by atoms with Crippen LogP contribution in [0.3, 0.4) is 0 Å². The smallest absolute Gasteiger partial charge is 0.328 e. The number of hydrogen-bond acceptors (Lipinski definition) is 3. The first kappa shape index (κ1) is 12.5. The zero-order valence-electron chi connectivity index (χ0n) is 8.50. The Balaban J connectivity index is 3.82. The van der Waals surface area contributed by atoms with Crippen molar-refractivity contribution in [3.8, 4) is 12.3 Å². The SMILES string of the molecule is C#CCCC(=O)NC(C)C(=O)OCC. The van der Waals surface area contributed by atoms with Gasteiger partial charge in [-0.05, 0) is 13.8 Å². The molecule has 0 aliphatic carbocycles. The quantitative estimate of drug-likeness (QED) is 0.515. The molecule has 0 aromatic heterocycles. The lowest BCUT2D eigenvalue weighted by Gasteiger charge is -2.11. The zero-order valence-corrected chi connectivity index (χ0v) is 8.50. The first-order valence-corrected chi connectivity index (χ1v) is 4.51. The van der Waals surface area contributed by atoms with Gasteiger partial charge >= 0.3 is 5.97 Å². The summed E-state index contributed by atoms with van der Waals surface area (Å²) in [7, 11) is 0. The Morgan fingerprint density at radius 2 is 2.21 bits per heavy atom. The summed E-state index contributed by atoms with van der Waals surface area (Å²) in [6, 6.07) is -0.611. The van der Waals surface area contributed by atoms with Crippen LogP contribution in [0, 0.1) is 12.3 Å². The van der Waals surface area contributed by atoms with Crippen molar-refractivity contribution in [1.82, 2.24) is 5.32 Å². The van der Waals surface area contributed by atoms with Crippen LogP contribution in [0.2, 0.25) is 0 Å². The number of amides is 1. The average molecular weight is 197 g/mol. The van der Waals surface area contributed by atoms with Crippen molar-refractivity contribution < 1.29 is 14.3 Å². The molecule has 1 atom stereocenters. The standard InChI is InChI=1S/C10H15NO3/c1-4-6-7-9(12)11-8(3)10(13)14-5-2/h1,8H,5-7H2,2-3H3,(H,11,12). The number of ether oxygens (including phenoxy) is 1. The minimum absolute atomic E-state index is 0.233. The molecule has 14 heavy (non-hydrogen) atoms. The second-order valence-corrected chi connectivity index (χ2v) is 2.75. The highest BCUT2D eigenvalue weighted by Gasteiger charge is 2.15. The molecule has 0 aliphatic rings. The van der Waals surface area contributed by atoms with Gasteiger partial charge in [0.1, 0.15) is 6.04 Å². The summed E-state index contributed by atoms with van der Waals surface area (Å²) in [5.41, 5.74) is 0. The minimum Gasteiger partial charge on any atom is -0.464 e. The van der Waals surface area contributed by atoms with E-state index in [2.05, 4.69) is 11.2 Å². The number of nitrogens with one attached hydrogen (secondary N) is 1. The molecule has 4 heteroatoms. The number of terminal acetylenes is 1. The fourth-order valence-electron chi connectivity index (χ4n) is 0.826. The van der Waals surface area contributed by atoms with Gasteiger partial charge in [-0.25, -0.2) is 4.79 Å². The van der Waals surface area contributed by atoms with Gasteiger partial charge in [-0.15, -0.1) is 12.3 Å². The highest BCUT2D eigenvalue weighted by molar-refractivity contribution is 5.84. The van der Waals surface area contributed by atoms with E-state index in [1.54, 1.807) is 13.8 Å². The number of hydrogen-bond donors (Lipinski definition) is 1. The molecule has 0 saturated carbocycles. The summed E-state index contributed by atoms with van der Waals surface area (Å²) < 4.78 is 4.72. The van der Waals surface area contributed by atoms with Crippen LogP contribution < -0.4 is 5.32 Å². The van der Waals surface area contributed by atoms with Gasteiger partial charge in [0.25, 0.3) is 0 Å². The molecule has 1 unspecified atom stereocenters. The Kier molecular flexibility index (Phi) is 6.21. The molecular weight excluding hydrogens is 182 g/mol. The molecule has 0 spiro atoms. The highest BCUT2D eigenvalue weighted by Crippen LogP contribution is 1.91. The van der Waals surface area contributed by atoms with Gasteiger partial charge in [-0.1, -0.05) is 0 Å². The van der Waals surface area contributed by atoms with Crippen LogP contribution in [0.1, 0.15) is 26.7 Å². The second-order valence-electron chi connectivity index (χ2n) is 2.75. The Bertz CT molecular complexity index is 242. The normalized spacial score (nSPS) is 11.2. The van der Waals surface area contributed by atoms with Gasteiger partial charge < -0.3 is 10.1 Å². The maximum Gasteiger partial charge on any atom is 0.328 e. The summed E-state index contributed by atoms with van der Waals surface area (Å²) in [6.45, 7) is 3.60. The van der Waals surface area contributed by atoms with Crippen molar-refractivity contribution in [2.45, 2.75) is 32.7 Å². The van der Waals surface area contributed by atoms with E-state index in [0.717, 1.165) is 0 Å². The van der Waals surface area contributed by atoms with Crippen LogP contribution in [0.4, 0.5) is 0 Å². The maximum atomic E-state index is 11.1. The highest BCUT2D eigenvalue weighted by atomic mass is 16.5. The van der Waals surface area contributed by atoms with E-state index in [1.807, 2.05) is 0 Å². The molecule has 0 bridgehead atoms. The van der Waals surface area contributed by atoms with Crippen LogP contribution in [0.15, 0.2) is 0 Å². The number of esters is 1. The molecule has 4 nitrogen and oxygen atoms in total. The molecule has 0 radical (unpaired) electrons. The molecule has 1 N–H and O–H groups in total. The topological polar surface area (TPSA) is 55.4 Å². The van der Waals surface area contributed by atoms with Crippen LogP contribution in [0.5, 0.6) is 0 Å². The van der Waals surface area contributed by atoms with E-state index in [0.29, 0.717) is 13.0 Å². The van der Waals surface area contributed by atoms with Gasteiger partial charge in [0, 0.05) is 12.8 Å². The van der Waals surface area contributed by atoms with Gasteiger partial charge in [-0.3, -0.25) is 4.79 Å². The molecule has 0 aromatic carbocycles. The summed E-state index contributed by atoms with van der Waals surface area (Å²) in [5, 5.41) is 2.49. The van der Waals surface area contributed by atoms with Gasteiger partial charge in [0.2, 0.25) is 5.91 Å². The van der Waals surface area contributed by atoms with Crippen LogP contribution >= 0.6 is 0 Å². The number of carbonyl (C=O) groups excluding carboxylic acids is 2. The Morgan fingerprint density at radius 1 is 1.57 bits per heavy atom. The Hall–Kier alpha value is -1.50. The summed E-state index contributed by atoms with van der Waals surface area (Å²) in [5.74, 6) is 1.69. The first-order chi connectivity index (χ1) is 6.61. The third-order valence-corrected chi connectivity index (χ3v) is 1.51. The van der Waals surface area contributed by atoms with Crippen molar-refractivity contribution in [1.29, 1.82) is 0 Å². The molecule has 0 fully saturated rings. The number of rotatable bonds is 5. The molecule has 0 aliphatic heterocycles. The van der Waals surface area contributed by atoms with Crippen molar-refractivity contribution >= 4 is 11.9 Å². The predicted octanol–water partition coefficient (Wildman–Crippen LogP) is 0.468. The van der Waals surface area contributed by atoms with Crippen molar-refractivity contribution in [2.24, 2.45) is 0 Å². The minimum atomic E-state index is -0.611. The van der Waals surface area contributed by atoms with E-state index in [1.165, 1.54) is 0 Å². The molecule has 0 saturated heterocycles. The monoisotopic (exact) mass is 197 g/mol. The second kappa shape index (κ2) is 6.96. The molecule has 0 rings (SSSR count). The van der Waals surface area contributed by atoms with Crippen LogP contribution in [0.25, 0.3) is 0 Å². The Morgan fingerprint density at radius 3 is 2.71 bits per heavy atom. The fourth-order valence-corrected chi connectivity index (χ4v) is 0.826. The van der Waals surface area contributed by atoms with Gasteiger partial charge in [0.05, 0.1) is 6.61 Å². The zero-order chi connectivity index (χ0) is 11.0. The molecular formula is C10H15NO3. The first-order valence-electron chi connectivity index (χ1n) is 4.51. The van der Waals surface area contributed by atoms with E-state index in [-0.39, 0.29) is 12.3 Å². The van der Waals surface area contributed by atoms with Crippen molar-refractivity contribution in [3.63, 3.8) is 0 Å². The van der Waals surface area contributed by atoms with Crippen molar-refractivity contribution in [3.05, 3.63) is 0 Å². The Labute approximate surface area is 84.0 Å². The molecule has 0 heterocycles. The predicted molar refractivity (Wildman–Crippen MR) is 52.3 cm³/mol. The largest absolute Gasteiger partial charge is 0.464 e. The summed E-state index contributed by atoms with van der Waals surface area (Å²) >= 11 is 0. The van der Waals surface area contributed by atoms with Crippen LogP contribution in [-0.4, -0.2) is 24.5 Å². The van der Waals surface area contributed by atoms with Gasteiger partial charge in [0.15, 0.2) is 0 Å². The summed E-state index contributed by atoms with van der Waals surface area (Å²) in [4.78, 5) is 22.2. The van der Waals surface area contributed by atoms with Crippen LogP contribution in [-0.2, 0) is 14.3 Å². The average Bonchev–Trinajstić information content (AvgIpc) is 2.15. The summed E-state index contributed by atoms with van der Waals surface area (Å²) in [6.07, 6.45) is 5.61. The van der Waals surface area contributed by atoms with Crippen molar-refractivity contribution in [2.75, 3.05) is 6.61 Å². The van der Waals surface area contributed by atoms with E-state index in [4.69, 9.17) is 11.2 Å². The van der Waals surface area contributed by atoms with E-state index < -0.39 is 12.0 Å². The van der Waals surface area contributed by atoms with E-state index >= 15 is 0 Å². The lowest BCUT2D eigenvalue weighted by Crippen LogP contribution is -2.39. The maximum absolute atomic E-state index is 11.1. The number of carbonyl (C=O) groups is 2. The molecule has 1 amide bonds. The lowest BCUT2D eigenvalue weighted by molar-refractivity contribution is -0.146. The third kappa shape index (κ3) is 5.20.